The van der Waals surface area contributed by atoms with Crippen LogP contribution in [-0.4, -0.2) is 49.0 Å². The van der Waals surface area contributed by atoms with Gasteiger partial charge in [0.25, 0.3) is 0 Å². The second-order valence-electron chi connectivity index (χ2n) is 6.95. The first kappa shape index (κ1) is 24.8. The molecule has 0 unspecified atom stereocenters. The van der Waals surface area contributed by atoms with Crippen molar-refractivity contribution in [3.63, 3.8) is 0 Å². The van der Waals surface area contributed by atoms with Crippen molar-refractivity contribution in [3.8, 4) is 11.5 Å². The first-order valence-electron chi connectivity index (χ1n) is 9.45. The van der Waals surface area contributed by atoms with Gasteiger partial charge in [0.1, 0.15) is 18.1 Å². The first-order chi connectivity index (χ1) is 14.4. The van der Waals surface area contributed by atoms with E-state index < -0.39 is 18.8 Å². The number of ether oxygens (including phenoxy) is 2. The van der Waals surface area contributed by atoms with Crippen LogP contribution < -0.4 is 9.47 Å². The molecule has 10 heteroatoms. The van der Waals surface area contributed by atoms with Gasteiger partial charge < -0.3 is 14.6 Å². The maximum absolute atomic E-state index is 12.5. The highest BCUT2D eigenvalue weighted by Gasteiger charge is 2.33. The molecule has 31 heavy (non-hydrogen) atoms. The average molecular weight is 451 g/mol. The highest BCUT2D eigenvalue weighted by molar-refractivity contribution is 5.35. The van der Waals surface area contributed by atoms with E-state index in [1.54, 1.807) is 30.3 Å². The molecule has 0 saturated carbocycles. The molecule has 0 aliphatic rings. The van der Waals surface area contributed by atoms with Crippen LogP contribution in [0.2, 0.25) is 0 Å². The topological polar surface area (TPSA) is 41.9 Å². The van der Waals surface area contributed by atoms with Gasteiger partial charge in [0, 0.05) is 6.54 Å². The van der Waals surface area contributed by atoms with Crippen molar-refractivity contribution in [2.75, 3.05) is 20.2 Å². The molecule has 0 bridgehead atoms. The van der Waals surface area contributed by atoms with Gasteiger partial charge in [0.05, 0.1) is 6.10 Å². The number of halogens is 6. The fourth-order valence-electron chi connectivity index (χ4n) is 2.77. The highest BCUT2D eigenvalue weighted by Crippen LogP contribution is 2.25. The number of rotatable bonds is 10. The third-order valence-electron chi connectivity index (χ3n) is 4.45. The Morgan fingerprint density at radius 3 is 2.35 bits per heavy atom. The summed E-state index contributed by atoms with van der Waals surface area (Å²) in [4.78, 5) is 0.181. The molecule has 2 aromatic carbocycles. The van der Waals surface area contributed by atoms with E-state index in [4.69, 9.17) is 4.74 Å². The van der Waals surface area contributed by atoms with Crippen LogP contribution in [0.1, 0.15) is 17.5 Å². The predicted octanol–water partition coefficient (Wildman–Crippen LogP) is 4.95. The molecule has 1 N–H and O–H groups in total. The Morgan fingerprint density at radius 1 is 0.968 bits per heavy atom. The Bertz CT molecular complexity index is 825. The van der Waals surface area contributed by atoms with E-state index in [0.29, 0.717) is 24.2 Å². The summed E-state index contributed by atoms with van der Waals surface area (Å²) < 4.78 is 84.0. The second-order valence-corrected chi connectivity index (χ2v) is 6.95. The molecule has 4 nitrogen and oxygen atoms in total. The summed E-state index contributed by atoms with van der Waals surface area (Å²) in [5.41, 5.74) is 1.39. The van der Waals surface area contributed by atoms with Crippen LogP contribution in [0.5, 0.6) is 11.5 Å². The zero-order valence-corrected chi connectivity index (χ0v) is 16.7. The SMILES string of the molecule is CN(CC[C@@H](O)COc1ccccc1CCc1cccc(OC(F)(F)F)c1)C(F)(F)F. The second kappa shape index (κ2) is 10.7. The lowest BCUT2D eigenvalue weighted by molar-refractivity contribution is -0.274. The normalized spacial score (nSPS) is 13.3. The molecule has 0 fully saturated rings. The maximum atomic E-state index is 12.5. The van der Waals surface area contributed by atoms with Gasteiger partial charge in [0.2, 0.25) is 0 Å². The van der Waals surface area contributed by atoms with Crippen molar-refractivity contribution in [2.24, 2.45) is 0 Å². The number of para-hydroxylation sites is 1. The lowest BCUT2D eigenvalue weighted by atomic mass is 10.0. The number of aryl methyl sites for hydroxylation is 2. The number of aliphatic hydroxyl groups excluding tert-OH is 1. The van der Waals surface area contributed by atoms with E-state index in [1.807, 2.05) is 0 Å². The van der Waals surface area contributed by atoms with Crippen molar-refractivity contribution in [2.45, 2.75) is 38.0 Å². The minimum atomic E-state index is -4.77. The molecule has 2 rings (SSSR count). The van der Waals surface area contributed by atoms with Crippen molar-refractivity contribution in [1.29, 1.82) is 0 Å². The van der Waals surface area contributed by atoms with E-state index in [0.717, 1.165) is 12.6 Å². The van der Waals surface area contributed by atoms with Crippen molar-refractivity contribution in [1.82, 2.24) is 4.90 Å². The van der Waals surface area contributed by atoms with Crippen molar-refractivity contribution in [3.05, 3.63) is 59.7 Å². The predicted molar refractivity (Wildman–Crippen MR) is 102 cm³/mol. The molecule has 0 aliphatic carbocycles. The van der Waals surface area contributed by atoms with E-state index in [1.165, 1.54) is 18.2 Å². The minimum absolute atomic E-state index is 0.121. The molecule has 0 spiro atoms. The van der Waals surface area contributed by atoms with E-state index >= 15 is 0 Å². The Hall–Kier alpha value is -2.46. The van der Waals surface area contributed by atoms with Gasteiger partial charge in [-0.2, -0.15) is 13.2 Å². The van der Waals surface area contributed by atoms with Gasteiger partial charge in [-0.15, -0.1) is 13.2 Å². The molecular formula is C21H23F6NO3. The number of aliphatic hydroxyl groups is 1. The monoisotopic (exact) mass is 451 g/mol. The van der Waals surface area contributed by atoms with Gasteiger partial charge in [-0.1, -0.05) is 30.3 Å². The Kier molecular flexibility index (Phi) is 8.58. The van der Waals surface area contributed by atoms with E-state index in [-0.39, 0.29) is 30.2 Å². The molecule has 0 heterocycles. The summed E-state index contributed by atoms with van der Waals surface area (Å²) >= 11 is 0. The summed E-state index contributed by atoms with van der Waals surface area (Å²) in [5.74, 6) is 0.148. The molecule has 0 saturated heterocycles. The smallest absolute Gasteiger partial charge is 0.491 e. The van der Waals surface area contributed by atoms with Crippen LogP contribution in [0.15, 0.2) is 48.5 Å². The van der Waals surface area contributed by atoms with Gasteiger partial charge in [-0.25, -0.2) is 4.90 Å². The number of nitrogens with zero attached hydrogens (tertiary/aromatic N) is 1. The summed E-state index contributed by atoms with van der Waals surface area (Å²) in [6.45, 7) is -0.552. The van der Waals surface area contributed by atoms with Crippen LogP contribution in [0.3, 0.4) is 0 Å². The zero-order valence-electron chi connectivity index (χ0n) is 16.7. The van der Waals surface area contributed by atoms with Crippen LogP contribution in [0, 0.1) is 0 Å². The Labute approximate surface area is 176 Å². The number of alkyl halides is 6. The molecule has 0 amide bonds. The molecule has 0 aromatic heterocycles. The maximum Gasteiger partial charge on any atom is 0.573 e. The van der Waals surface area contributed by atoms with Crippen LogP contribution in [0.25, 0.3) is 0 Å². The fourth-order valence-corrected chi connectivity index (χ4v) is 2.77. The van der Waals surface area contributed by atoms with Crippen LogP contribution >= 0.6 is 0 Å². The summed E-state index contributed by atoms with van der Waals surface area (Å²) in [7, 11) is 0.900. The molecular weight excluding hydrogens is 428 g/mol. The quantitative estimate of drug-likeness (QED) is 0.410. The summed E-state index contributed by atoms with van der Waals surface area (Å²) in [6, 6.07) is 12.6. The first-order valence-corrected chi connectivity index (χ1v) is 9.45. The summed E-state index contributed by atoms with van der Waals surface area (Å²) in [5, 5.41) is 9.92. The molecule has 0 radical (unpaired) electrons. The van der Waals surface area contributed by atoms with Crippen LogP contribution in [-0.2, 0) is 12.8 Å². The van der Waals surface area contributed by atoms with Gasteiger partial charge in [-0.3, -0.25) is 0 Å². The standard InChI is InChI=1S/C21H23F6NO3/c1-28(20(22,23)24)12-11-17(29)14-30-19-8-3-2-6-16(19)10-9-15-5-4-7-18(13-15)31-21(25,26)27/h2-8,13,17,29H,9-12,14H2,1H3/t17-/m1/s1. The number of benzene rings is 2. The molecule has 172 valence electrons. The lowest BCUT2D eigenvalue weighted by Gasteiger charge is -2.21. The van der Waals surface area contributed by atoms with E-state index in [2.05, 4.69) is 4.74 Å². The van der Waals surface area contributed by atoms with E-state index in [9.17, 15) is 31.4 Å². The third kappa shape index (κ3) is 9.06. The number of hydrogen-bond donors (Lipinski definition) is 1. The minimum Gasteiger partial charge on any atom is -0.491 e. The molecule has 2 aromatic rings. The molecule has 0 aliphatic heterocycles. The number of hydrogen-bond acceptors (Lipinski definition) is 4. The zero-order chi connectivity index (χ0) is 23.1. The van der Waals surface area contributed by atoms with Crippen molar-refractivity contribution >= 4 is 0 Å². The van der Waals surface area contributed by atoms with Gasteiger partial charge in [-0.05, 0) is 55.6 Å². The van der Waals surface area contributed by atoms with Gasteiger partial charge in [0.15, 0.2) is 0 Å². The lowest BCUT2D eigenvalue weighted by Crippen LogP contribution is -2.37. The van der Waals surface area contributed by atoms with Gasteiger partial charge >= 0.3 is 12.7 Å². The average Bonchev–Trinajstić information content (AvgIpc) is 2.67. The highest BCUT2D eigenvalue weighted by atomic mass is 19.4. The largest absolute Gasteiger partial charge is 0.573 e. The molecule has 1 atom stereocenters. The Balaban J connectivity index is 1.90. The fraction of sp³-hybridized carbons (Fsp3) is 0.429. The van der Waals surface area contributed by atoms with Crippen LogP contribution in [0.4, 0.5) is 26.3 Å². The summed E-state index contributed by atoms with van der Waals surface area (Å²) in [6.07, 6.45) is -9.59. The Morgan fingerprint density at radius 2 is 1.68 bits per heavy atom. The van der Waals surface area contributed by atoms with Crippen molar-refractivity contribution < 1.29 is 40.9 Å². The third-order valence-corrected chi connectivity index (χ3v) is 4.45.